The number of nitrogens with one attached hydrogen (secondary N) is 7. The molecule has 1 aromatic heterocycles. The number of hydrogen-bond acceptors (Lipinski definition) is 11. The predicted octanol–water partition coefficient (Wildman–Crippen LogP) is 0.169. The summed E-state index contributed by atoms with van der Waals surface area (Å²) in [4.78, 5) is 118. The van der Waals surface area contributed by atoms with Crippen molar-refractivity contribution in [1.29, 1.82) is 0 Å². The molecule has 73 heavy (non-hydrogen) atoms. The fourth-order valence-electron chi connectivity index (χ4n) is 8.66. The highest BCUT2D eigenvalue weighted by atomic mass is 16.4. The molecule has 1 fully saturated rings. The highest BCUT2D eigenvalue weighted by molar-refractivity contribution is 5.98. The number of unbranched alkanes of at least 4 members (excludes halogenated alkanes) is 1. The number of benzene rings is 2. The number of aromatic amines is 1. The van der Waals surface area contributed by atoms with E-state index in [0.29, 0.717) is 44.2 Å². The maximum atomic E-state index is 14.4. The van der Waals surface area contributed by atoms with E-state index in [-0.39, 0.29) is 57.1 Å². The average molecular weight is 1020 g/mol. The van der Waals surface area contributed by atoms with Crippen LogP contribution in [0.25, 0.3) is 10.9 Å². The maximum absolute atomic E-state index is 14.4. The van der Waals surface area contributed by atoms with Crippen molar-refractivity contribution < 1.29 is 43.5 Å². The number of aliphatic imine (C=N–C) groups is 1. The van der Waals surface area contributed by atoms with E-state index in [0.717, 1.165) is 16.5 Å². The molecule has 2 heterocycles. The van der Waals surface area contributed by atoms with Gasteiger partial charge in [-0.2, -0.15) is 0 Å². The summed E-state index contributed by atoms with van der Waals surface area (Å²) in [6.45, 7) is 9.31. The lowest BCUT2D eigenvalue weighted by Gasteiger charge is -2.30. The Morgan fingerprint density at radius 1 is 0.726 bits per heavy atom. The summed E-state index contributed by atoms with van der Waals surface area (Å²) in [6.07, 6.45) is 4.76. The lowest BCUT2D eigenvalue weighted by Crippen LogP contribution is -2.60. The van der Waals surface area contributed by atoms with Crippen LogP contribution in [0.1, 0.15) is 97.1 Å². The van der Waals surface area contributed by atoms with Gasteiger partial charge in [0.25, 0.3) is 0 Å². The number of carbonyl (C=O) groups is 8. The van der Waals surface area contributed by atoms with Gasteiger partial charge < -0.3 is 69.8 Å². The van der Waals surface area contributed by atoms with Crippen molar-refractivity contribution in [3.63, 3.8) is 0 Å². The molecule has 2 aromatic carbocycles. The fraction of sp³-hybridized carbons (Fsp3) is 0.549. The van der Waals surface area contributed by atoms with Crippen LogP contribution in [-0.4, -0.2) is 136 Å². The number of aliphatic carboxylic acids is 1. The van der Waals surface area contributed by atoms with Gasteiger partial charge in [0.1, 0.15) is 42.3 Å². The third-order valence-corrected chi connectivity index (χ3v) is 12.7. The molecule has 0 saturated carbocycles. The van der Waals surface area contributed by atoms with Crippen LogP contribution >= 0.6 is 0 Å². The smallest absolute Gasteiger partial charge is 0.326 e. The molecule has 400 valence electrons. The molecule has 0 bridgehead atoms. The number of nitrogens with two attached hydrogens (primary N) is 4. The van der Waals surface area contributed by atoms with Gasteiger partial charge in [0.2, 0.25) is 41.4 Å². The van der Waals surface area contributed by atoms with Crippen LogP contribution in [0.4, 0.5) is 0 Å². The molecule has 16 N–H and O–H groups in total. The van der Waals surface area contributed by atoms with Gasteiger partial charge >= 0.3 is 5.97 Å². The van der Waals surface area contributed by atoms with Crippen molar-refractivity contribution in [2.24, 2.45) is 39.8 Å². The summed E-state index contributed by atoms with van der Waals surface area (Å²) in [7, 11) is 0. The monoisotopic (exact) mass is 1020 g/mol. The standard InChI is InChI=1S/C51H77N13O9/c1-29(2)25-38(45(67)61-39(26-32-15-7-6-8-16-32)46(68)63-42(30(3)4)48(70)59-37(50(72)73)20-13-23-56-51(54)55)60-43(65)31(5)58-47(69)41-21-14-24-64(41)49(71)40(62-44(66)35(53)18-11-12-22-52)27-33-28-57-36-19-10-9-17-34(33)36/h6-10,15-17,19,28-31,35,37-42,57H,11-14,18,20-27,52-53H2,1-5H3,(H,58,69)(H,59,70)(H,60,65)(H,61,67)(H,62,66)(H,63,68)(H,72,73)(H4,54,55,56)/t31-,35-,37-,38-,39-,40-,41-,42-/m0/s1. The number of hydrogen-bond donors (Lipinski definition) is 12. The largest absolute Gasteiger partial charge is 0.480 e. The molecule has 1 saturated heterocycles. The zero-order chi connectivity index (χ0) is 53.8. The molecule has 22 nitrogen and oxygen atoms in total. The predicted molar refractivity (Wildman–Crippen MR) is 277 cm³/mol. The first-order chi connectivity index (χ1) is 34.7. The van der Waals surface area contributed by atoms with Crippen LogP contribution in [0.5, 0.6) is 0 Å². The Balaban J connectivity index is 1.48. The summed E-state index contributed by atoms with van der Waals surface area (Å²) < 4.78 is 0. The number of H-pyrrole nitrogens is 1. The number of carbonyl (C=O) groups excluding carboxylic acids is 7. The summed E-state index contributed by atoms with van der Waals surface area (Å²) in [6, 6.07) is 7.33. The van der Waals surface area contributed by atoms with Gasteiger partial charge in [0.15, 0.2) is 5.96 Å². The van der Waals surface area contributed by atoms with Crippen molar-refractivity contribution in [1.82, 2.24) is 41.8 Å². The lowest BCUT2D eigenvalue weighted by atomic mass is 9.99. The second-order valence-corrected chi connectivity index (χ2v) is 19.5. The zero-order valence-corrected chi connectivity index (χ0v) is 42.7. The van der Waals surface area contributed by atoms with E-state index in [2.05, 4.69) is 41.9 Å². The summed E-state index contributed by atoms with van der Waals surface area (Å²) in [5.41, 5.74) is 24.9. The summed E-state index contributed by atoms with van der Waals surface area (Å²) >= 11 is 0. The van der Waals surface area contributed by atoms with Crippen molar-refractivity contribution >= 4 is 64.2 Å². The molecule has 0 radical (unpaired) electrons. The Hall–Kier alpha value is -7.07. The van der Waals surface area contributed by atoms with E-state index in [1.165, 1.54) is 11.8 Å². The Morgan fingerprint density at radius 3 is 2.03 bits per heavy atom. The molecule has 3 aromatic rings. The quantitative estimate of drug-likeness (QED) is 0.0251. The minimum atomic E-state index is -1.30. The number of fused-ring (bicyclic) bond motifs is 1. The van der Waals surface area contributed by atoms with Crippen LogP contribution in [0.3, 0.4) is 0 Å². The Bertz CT molecular complexity index is 2370. The summed E-state index contributed by atoms with van der Waals surface area (Å²) in [5, 5.41) is 27.0. The minimum Gasteiger partial charge on any atom is -0.480 e. The minimum absolute atomic E-state index is 0.00722. The average Bonchev–Trinajstić information content (AvgIpc) is 4.01. The maximum Gasteiger partial charge on any atom is 0.326 e. The SMILES string of the molecule is CC(C)C[C@H](NC(=O)[C@H](C)NC(=O)[C@@H]1CCCN1C(=O)[C@H](Cc1c[nH]c2ccccc12)NC(=O)[C@@H](N)CCCCN)C(=O)N[C@@H](Cc1ccccc1)C(=O)N[C@H](C(=O)N[C@@H](CCCN=C(N)N)C(=O)O)C(C)C. The first-order valence-corrected chi connectivity index (χ1v) is 25.2. The van der Waals surface area contributed by atoms with Gasteiger partial charge in [-0.15, -0.1) is 0 Å². The number of aromatic nitrogens is 1. The number of guanidine groups is 1. The number of carboxylic acids is 1. The number of para-hydroxylation sites is 1. The first kappa shape index (κ1) is 58.5. The third-order valence-electron chi connectivity index (χ3n) is 12.7. The molecule has 4 rings (SSSR count). The second-order valence-electron chi connectivity index (χ2n) is 19.5. The van der Waals surface area contributed by atoms with E-state index in [4.69, 9.17) is 22.9 Å². The topological polar surface area (TPSA) is 364 Å². The van der Waals surface area contributed by atoms with Crippen LogP contribution < -0.4 is 54.8 Å². The van der Waals surface area contributed by atoms with Crippen molar-refractivity contribution in [3.05, 3.63) is 71.9 Å². The highest BCUT2D eigenvalue weighted by Gasteiger charge is 2.40. The Labute approximate surface area is 426 Å². The van der Waals surface area contributed by atoms with Crippen molar-refractivity contribution in [3.8, 4) is 0 Å². The van der Waals surface area contributed by atoms with Gasteiger partial charge in [0.05, 0.1) is 6.04 Å². The molecule has 0 unspecified atom stereocenters. The third kappa shape index (κ3) is 18.2. The second kappa shape index (κ2) is 28.8. The van der Waals surface area contributed by atoms with Gasteiger partial charge in [-0.25, -0.2) is 4.79 Å². The van der Waals surface area contributed by atoms with E-state index in [1.54, 1.807) is 50.4 Å². The van der Waals surface area contributed by atoms with E-state index in [9.17, 15) is 43.5 Å². The van der Waals surface area contributed by atoms with Gasteiger partial charge in [0, 0.05) is 43.0 Å². The van der Waals surface area contributed by atoms with Crippen LogP contribution in [-0.2, 0) is 51.2 Å². The molecular formula is C51H77N13O9. The van der Waals surface area contributed by atoms with Gasteiger partial charge in [-0.1, -0.05) is 82.6 Å². The van der Waals surface area contributed by atoms with Crippen LogP contribution in [0.2, 0.25) is 0 Å². The molecule has 8 atom stereocenters. The zero-order valence-electron chi connectivity index (χ0n) is 42.7. The number of rotatable bonds is 29. The molecule has 7 amide bonds. The molecule has 0 aliphatic carbocycles. The van der Waals surface area contributed by atoms with Crippen LogP contribution in [0.15, 0.2) is 65.8 Å². The number of nitrogens with zero attached hydrogens (tertiary/aromatic N) is 2. The van der Waals surface area contributed by atoms with E-state index >= 15 is 0 Å². The van der Waals surface area contributed by atoms with Crippen molar-refractivity contribution in [2.75, 3.05) is 19.6 Å². The molecule has 1 aliphatic rings. The molecule has 0 spiro atoms. The number of likely N-dealkylation sites (tertiary alicyclic amines) is 1. The lowest BCUT2D eigenvalue weighted by molar-refractivity contribution is -0.142. The number of amides is 7. The van der Waals surface area contributed by atoms with Crippen LogP contribution in [0, 0.1) is 11.8 Å². The number of carboxylic acid groups (broad SMARTS) is 1. The molecule has 1 aliphatic heterocycles. The Kier molecular flexibility index (Phi) is 23.1. The van der Waals surface area contributed by atoms with Gasteiger partial charge in [-0.3, -0.25) is 38.6 Å². The molecular weight excluding hydrogens is 939 g/mol. The normalized spacial score (nSPS) is 16.3. The summed E-state index contributed by atoms with van der Waals surface area (Å²) in [5.74, 6) is -6.56. The first-order valence-electron chi connectivity index (χ1n) is 25.2. The highest BCUT2D eigenvalue weighted by Crippen LogP contribution is 2.23. The van der Waals surface area contributed by atoms with Gasteiger partial charge in [-0.05, 0) is 87.4 Å². The molecule has 22 heteroatoms. The van der Waals surface area contributed by atoms with E-state index < -0.39 is 102 Å². The Morgan fingerprint density at radius 2 is 1.37 bits per heavy atom. The fourth-order valence-corrected chi connectivity index (χ4v) is 8.66. The van der Waals surface area contributed by atoms with E-state index in [1.807, 2.05) is 38.1 Å². The van der Waals surface area contributed by atoms with Crippen molar-refractivity contribution in [2.45, 2.75) is 147 Å².